The molecular weight excluding hydrogens is 328 g/mol. The average molecular weight is 340 g/mol. The first kappa shape index (κ1) is 14.3. The van der Waals surface area contributed by atoms with Crippen LogP contribution in [0.4, 0.5) is 0 Å². The third kappa shape index (κ3) is 2.71. The highest BCUT2D eigenvalue weighted by Crippen LogP contribution is 2.36. The minimum Gasteiger partial charge on any atom is -0.426 e. The first-order valence-corrected chi connectivity index (χ1v) is 8.83. The predicted molar refractivity (Wildman–Crippen MR) is 94.2 cm³/mol. The van der Waals surface area contributed by atoms with Gasteiger partial charge in [0, 0.05) is 12.5 Å². The SMILES string of the molecule is CCC(=O)Oc1ccc2nc(-c3nc4ccccc4s3)sc2c1. The molecule has 2 aromatic heterocycles. The number of nitrogens with zero attached hydrogens (tertiary/aromatic N) is 2. The van der Waals surface area contributed by atoms with Gasteiger partial charge in [-0.3, -0.25) is 4.79 Å². The van der Waals surface area contributed by atoms with Crippen LogP contribution >= 0.6 is 22.7 Å². The van der Waals surface area contributed by atoms with Gasteiger partial charge in [0.2, 0.25) is 0 Å². The van der Waals surface area contributed by atoms with E-state index >= 15 is 0 Å². The smallest absolute Gasteiger partial charge is 0.310 e. The highest BCUT2D eigenvalue weighted by atomic mass is 32.1. The van der Waals surface area contributed by atoms with Crippen molar-refractivity contribution in [3.63, 3.8) is 0 Å². The van der Waals surface area contributed by atoms with Gasteiger partial charge in [-0.25, -0.2) is 9.97 Å². The summed E-state index contributed by atoms with van der Waals surface area (Å²) in [5, 5.41) is 1.81. The van der Waals surface area contributed by atoms with Gasteiger partial charge in [-0.15, -0.1) is 22.7 Å². The molecule has 114 valence electrons. The molecule has 0 spiro atoms. The molecule has 0 fully saturated rings. The summed E-state index contributed by atoms with van der Waals surface area (Å²) in [5.41, 5.74) is 1.88. The van der Waals surface area contributed by atoms with Gasteiger partial charge < -0.3 is 4.74 Å². The quantitative estimate of drug-likeness (QED) is 0.394. The lowest BCUT2D eigenvalue weighted by atomic mass is 10.3. The van der Waals surface area contributed by atoms with Crippen molar-refractivity contribution in [1.82, 2.24) is 9.97 Å². The van der Waals surface area contributed by atoms with Crippen LogP contribution in [0.1, 0.15) is 13.3 Å². The van der Waals surface area contributed by atoms with E-state index in [1.807, 2.05) is 30.3 Å². The second-order valence-electron chi connectivity index (χ2n) is 4.96. The van der Waals surface area contributed by atoms with Crippen LogP contribution in [0, 0.1) is 0 Å². The van der Waals surface area contributed by atoms with Crippen LogP contribution in [-0.2, 0) is 4.79 Å². The highest BCUT2D eigenvalue weighted by molar-refractivity contribution is 7.27. The zero-order valence-electron chi connectivity index (χ0n) is 12.3. The standard InChI is InChI=1S/C17H12N2O2S2/c1-2-15(20)21-10-7-8-12-14(9-10)23-17(19-12)16-18-11-5-3-4-6-13(11)22-16/h3-9H,2H2,1H3. The zero-order valence-corrected chi connectivity index (χ0v) is 13.9. The zero-order chi connectivity index (χ0) is 15.8. The molecule has 23 heavy (non-hydrogen) atoms. The Kier molecular flexibility index (Phi) is 3.55. The van der Waals surface area contributed by atoms with E-state index in [4.69, 9.17) is 4.74 Å². The number of hydrogen-bond acceptors (Lipinski definition) is 6. The molecule has 4 aromatic rings. The first-order valence-electron chi connectivity index (χ1n) is 7.20. The Hall–Kier alpha value is -2.31. The molecule has 0 aliphatic rings. The number of para-hydroxylation sites is 1. The van der Waals surface area contributed by atoms with Crippen molar-refractivity contribution >= 4 is 49.1 Å². The maximum absolute atomic E-state index is 11.4. The largest absolute Gasteiger partial charge is 0.426 e. The molecule has 0 unspecified atom stereocenters. The Bertz CT molecular complexity index is 987. The lowest BCUT2D eigenvalue weighted by Crippen LogP contribution is -2.04. The van der Waals surface area contributed by atoms with E-state index in [0.717, 1.165) is 30.4 Å². The number of thiazole rings is 2. The fourth-order valence-corrected chi connectivity index (χ4v) is 4.21. The van der Waals surface area contributed by atoms with Crippen LogP contribution in [-0.4, -0.2) is 15.9 Å². The molecule has 0 atom stereocenters. The average Bonchev–Trinajstić information content (AvgIpc) is 3.17. The topological polar surface area (TPSA) is 52.1 Å². The Morgan fingerprint density at radius 3 is 2.43 bits per heavy atom. The van der Waals surface area contributed by atoms with Crippen LogP contribution < -0.4 is 4.74 Å². The van der Waals surface area contributed by atoms with Crippen molar-refractivity contribution in [3.8, 4) is 15.8 Å². The van der Waals surface area contributed by atoms with Crippen LogP contribution in [0.2, 0.25) is 0 Å². The van der Waals surface area contributed by atoms with Crippen molar-refractivity contribution in [1.29, 1.82) is 0 Å². The van der Waals surface area contributed by atoms with Gasteiger partial charge in [0.05, 0.1) is 20.4 Å². The molecule has 0 aliphatic carbocycles. The first-order chi connectivity index (χ1) is 11.2. The number of ether oxygens (including phenoxy) is 1. The Balaban J connectivity index is 1.74. The molecule has 0 saturated carbocycles. The van der Waals surface area contributed by atoms with E-state index in [0.29, 0.717) is 12.2 Å². The van der Waals surface area contributed by atoms with Crippen LogP contribution in [0.3, 0.4) is 0 Å². The van der Waals surface area contributed by atoms with Crippen molar-refractivity contribution in [2.45, 2.75) is 13.3 Å². The summed E-state index contributed by atoms with van der Waals surface area (Å²) in [5.74, 6) is 0.323. The summed E-state index contributed by atoms with van der Waals surface area (Å²) in [7, 11) is 0. The maximum Gasteiger partial charge on any atom is 0.310 e. The molecule has 0 radical (unpaired) electrons. The lowest BCUT2D eigenvalue weighted by Gasteiger charge is -2.01. The van der Waals surface area contributed by atoms with Crippen molar-refractivity contribution in [2.75, 3.05) is 0 Å². The molecule has 0 amide bonds. The molecule has 2 heterocycles. The van der Waals surface area contributed by atoms with Gasteiger partial charge in [0.1, 0.15) is 5.75 Å². The van der Waals surface area contributed by atoms with Crippen molar-refractivity contribution in [3.05, 3.63) is 42.5 Å². The normalized spacial score (nSPS) is 11.2. The number of carbonyl (C=O) groups excluding carboxylic acids is 1. The number of esters is 1. The minimum absolute atomic E-state index is 0.236. The van der Waals surface area contributed by atoms with Gasteiger partial charge in [-0.1, -0.05) is 19.1 Å². The van der Waals surface area contributed by atoms with Crippen molar-refractivity contribution in [2.24, 2.45) is 0 Å². The molecule has 4 rings (SSSR count). The van der Waals surface area contributed by atoms with Gasteiger partial charge >= 0.3 is 5.97 Å². The van der Waals surface area contributed by atoms with Gasteiger partial charge in [0.25, 0.3) is 0 Å². The third-order valence-electron chi connectivity index (χ3n) is 3.36. The Morgan fingerprint density at radius 1 is 1.00 bits per heavy atom. The molecule has 0 bridgehead atoms. The third-order valence-corrected chi connectivity index (χ3v) is 5.55. The summed E-state index contributed by atoms with van der Waals surface area (Å²) in [6, 6.07) is 13.6. The molecule has 6 heteroatoms. The lowest BCUT2D eigenvalue weighted by molar-refractivity contribution is -0.134. The van der Waals surface area contributed by atoms with Gasteiger partial charge in [-0.05, 0) is 24.3 Å². The second-order valence-corrected chi connectivity index (χ2v) is 7.02. The van der Waals surface area contributed by atoms with E-state index in [1.165, 1.54) is 0 Å². The monoisotopic (exact) mass is 340 g/mol. The van der Waals surface area contributed by atoms with Gasteiger partial charge in [0.15, 0.2) is 10.0 Å². The highest BCUT2D eigenvalue weighted by Gasteiger charge is 2.12. The van der Waals surface area contributed by atoms with E-state index in [2.05, 4.69) is 16.0 Å². The molecule has 0 aliphatic heterocycles. The van der Waals surface area contributed by atoms with Crippen LogP contribution in [0.25, 0.3) is 30.4 Å². The molecule has 0 N–H and O–H groups in total. The fourth-order valence-electron chi connectivity index (χ4n) is 2.23. The number of fused-ring (bicyclic) bond motifs is 2. The minimum atomic E-state index is -0.236. The summed E-state index contributed by atoms with van der Waals surface area (Å²) >= 11 is 3.20. The number of benzene rings is 2. The summed E-state index contributed by atoms with van der Waals surface area (Å²) in [6.45, 7) is 1.78. The van der Waals surface area contributed by atoms with E-state index in [9.17, 15) is 4.79 Å². The predicted octanol–water partition coefficient (Wildman–Crippen LogP) is 4.89. The van der Waals surface area contributed by atoms with Crippen LogP contribution in [0.15, 0.2) is 42.5 Å². The number of aromatic nitrogens is 2. The molecule has 2 aromatic carbocycles. The molecule has 0 saturated heterocycles. The summed E-state index contributed by atoms with van der Waals surface area (Å²) in [4.78, 5) is 20.7. The van der Waals surface area contributed by atoms with E-state index < -0.39 is 0 Å². The van der Waals surface area contributed by atoms with E-state index in [1.54, 1.807) is 35.7 Å². The van der Waals surface area contributed by atoms with Crippen LogP contribution in [0.5, 0.6) is 5.75 Å². The second kappa shape index (κ2) is 5.72. The van der Waals surface area contributed by atoms with Gasteiger partial charge in [-0.2, -0.15) is 0 Å². The molecular formula is C17H12N2O2S2. The summed E-state index contributed by atoms with van der Waals surface area (Å²) in [6.07, 6.45) is 0.359. The Morgan fingerprint density at radius 2 is 1.70 bits per heavy atom. The number of rotatable bonds is 3. The number of carbonyl (C=O) groups is 1. The molecule has 4 nitrogen and oxygen atoms in total. The Labute approximate surface area is 140 Å². The number of hydrogen-bond donors (Lipinski definition) is 0. The maximum atomic E-state index is 11.4. The van der Waals surface area contributed by atoms with E-state index in [-0.39, 0.29) is 5.97 Å². The summed E-state index contributed by atoms with van der Waals surface area (Å²) < 4.78 is 7.40. The van der Waals surface area contributed by atoms with Crippen molar-refractivity contribution < 1.29 is 9.53 Å². The fraction of sp³-hybridized carbons (Fsp3) is 0.118.